The van der Waals surface area contributed by atoms with Crippen LogP contribution in [0.2, 0.25) is 0 Å². The standard InChI is InChI=1S/C20H22N2O3/c1-14-8-9-17(12-15(14)2)18(23)10-11-19(24)21-22-20(25)13-16-6-4-3-5-7-16/h3-9,12H,10-11,13H2,1-2H3,(H,21,24)(H,22,25). The largest absolute Gasteiger partial charge is 0.294 e. The molecule has 0 fully saturated rings. The minimum Gasteiger partial charge on any atom is -0.294 e. The Kier molecular flexibility index (Phi) is 6.46. The molecule has 0 atom stereocenters. The highest BCUT2D eigenvalue weighted by atomic mass is 16.2. The second-order valence-electron chi connectivity index (χ2n) is 5.98. The number of ketones is 1. The number of hydrogen-bond donors (Lipinski definition) is 2. The fourth-order valence-electron chi connectivity index (χ4n) is 2.31. The molecule has 0 aromatic heterocycles. The molecule has 0 heterocycles. The summed E-state index contributed by atoms with van der Waals surface area (Å²) in [7, 11) is 0. The number of aryl methyl sites for hydroxylation is 2. The van der Waals surface area contributed by atoms with Crippen molar-refractivity contribution in [3.05, 3.63) is 70.8 Å². The molecule has 0 saturated heterocycles. The highest BCUT2D eigenvalue weighted by molar-refractivity contribution is 5.98. The highest BCUT2D eigenvalue weighted by Gasteiger charge is 2.11. The molecule has 130 valence electrons. The third-order valence-electron chi connectivity index (χ3n) is 3.96. The molecule has 2 aromatic rings. The van der Waals surface area contributed by atoms with Gasteiger partial charge in [-0.15, -0.1) is 0 Å². The second kappa shape index (κ2) is 8.78. The van der Waals surface area contributed by atoms with Crippen molar-refractivity contribution in [2.45, 2.75) is 33.1 Å². The monoisotopic (exact) mass is 338 g/mol. The molecule has 5 nitrogen and oxygen atoms in total. The molecule has 0 unspecified atom stereocenters. The molecule has 0 aliphatic heterocycles. The van der Waals surface area contributed by atoms with Gasteiger partial charge in [-0.05, 0) is 36.6 Å². The van der Waals surface area contributed by atoms with Crippen LogP contribution in [-0.2, 0) is 16.0 Å². The maximum atomic E-state index is 12.1. The van der Waals surface area contributed by atoms with Crippen LogP contribution in [0.5, 0.6) is 0 Å². The quantitative estimate of drug-likeness (QED) is 0.628. The summed E-state index contributed by atoms with van der Waals surface area (Å²) < 4.78 is 0. The Bertz CT molecular complexity index is 770. The van der Waals surface area contributed by atoms with Gasteiger partial charge in [-0.3, -0.25) is 25.2 Å². The lowest BCUT2D eigenvalue weighted by molar-refractivity contribution is -0.128. The molecular formula is C20H22N2O3. The zero-order valence-electron chi connectivity index (χ0n) is 14.5. The molecule has 25 heavy (non-hydrogen) atoms. The van der Waals surface area contributed by atoms with Crippen molar-refractivity contribution in [1.82, 2.24) is 10.9 Å². The molecular weight excluding hydrogens is 316 g/mol. The van der Waals surface area contributed by atoms with Gasteiger partial charge in [-0.25, -0.2) is 0 Å². The lowest BCUT2D eigenvalue weighted by Crippen LogP contribution is -2.42. The Labute approximate surface area is 147 Å². The first kappa shape index (κ1) is 18.4. The van der Waals surface area contributed by atoms with Gasteiger partial charge in [0.1, 0.15) is 0 Å². The Morgan fingerprint density at radius 2 is 1.48 bits per heavy atom. The van der Waals surface area contributed by atoms with E-state index in [0.29, 0.717) is 5.56 Å². The number of rotatable bonds is 6. The average molecular weight is 338 g/mol. The van der Waals surface area contributed by atoms with Gasteiger partial charge in [0.25, 0.3) is 0 Å². The van der Waals surface area contributed by atoms with Crippen LogP contribution in [0.25, 0.3) is 0 Å². The van der Waals surface area contributed by atoms with Crippen LogP contribution >= 0.6 is 0 Å². The minimum absolute atomic E-state index is 0.0252. The van der Waals surface area contributed by atoms with E-state index in [1.165, 1.54) is 0 Å². The van der Waals surface area contributed by atoms with Crippen molar-refractivity contribution < 1.29 is 14.4 Å². The number of amides is 2. The number of benzene rings is 2. The number of carbonyl (C=O) groups is 3. The molecule has 0 aliphatic rings. The first-order chi connectivity index (χ1) is 12.0. The summed E-state index contributed by atoms with van der Waals surface area (Å²) in [6.45, 7) is 3.93. The fraction of sp³-hybridized carbons (Fsp3) is 0.250. The lowest BCUT2D eigenvalue weighted by atomic mass is 10.0. The van der Waals surface area contributed by atoms with Crippen LogP contribution < -0.4 is 10.9 Å². The van der Waals surface area contributed by atoms with Crippen LogP contribution in [-0.4, -0.2) is 17.6 Å². The first-order valence-corrected chi connectivity index (χ1v) is 8.18. The van der Waals surface area contributed by atoms with Crippen LogP contribution in [0.4, 0.5) is 0 Å². The zero-order valence-corrected chi connectivity index (χ0v) is 14.5. The van der Waals surface area contributed by atoms with E-state index in [0.717, 1.165) is 16.7 Å². The number of hydrogen-bond acceptors (Lipinski definition) is 3. The molecule has 0 saturated carbocycles. The summed E-state index contributed by atoms with van der Waals surface area (Å²) in [5, 5.41) is 0. The topological polar surface area (TPSA) is 75.3 Å². The van der Waals surface area contributed by atoms with Crippen molar-refractivity contribution in [2.24, 2.45) is 0 Å². The van der Waals surface area contributed by atoms with Crippen molar-refractivity contribution in [3.8, 4) is 0 Å². The van der Waals surface area contributed by atoms with Gasteiger partial charge < -0.3 is 0 Å². The predicted molar refractivity (Wildman–Crippen MR) is 95.9 cm³/mol. The number of hydrazine groups is 1. The van der Waals surface area contributed by atoms with E-state index in [1.54, 1.807) is 6.07 Å². The Morgan fingerprint density at radius 1 is 0.800 bits per heavy atom. The Morgan fingerprint density at radius 3 is 2.16 bits per heavy atom. The maximum Gasteiger partial charge on any atom is 0.242 e. The van der Waals surface area contributed by atoms with Gasteiger partial charge in [-0.1, -0.05) is 42.5 Å². The summed E-state index contributed by atoms with van der Waals surface area (Å²) in [5.74, 6) is -0.785. The highest BCUT2D eigenvalue weighted by Crippen LogP contribution is 2.12. The maximum absolute atomic E-state index is 12.1. The van der Waals surface area contributed by atoms with E-state index in [4.69, 9.17) is 0 Å². The first-order valence-electron chi connectivity index (χ1n) is 8.18. The molecule has 0 spiro atoms. The van der Waals surface area contributed by atoms with Crippen molar-refractivity contribution in [3.63, 3.8) is 0 Å². The SMILES string of the molecule is Cc1ccc(C(=O)CCC(=O)NNC(=O)Cc2ccccc2)cc1C. The molecule has 0 bridgehead atoms. The number of nitrogens with one attached hydrogen (secondary N) is 2. The molecule has 5 heteroatoms. The van der Waals surface area contributed by atoms with Crippen molar-refractivity contribution in [2.75, 3.05) is 0 Å². The zero-order chi connectivity index (χ0) is 18.2. The molecule has 0 radical (unpaired) electrons. The minimum atomic E-state index is -0.390. The van der Waals surface area contributed by atoms with Crippen molar-refractivity contribution >= 4 is 17.6 Å². The molecule has 0 aliphatic carbocycles. The molecule has 2 rings (SSSR count). The summed E-state index contributed by atoms with van der Waals surface area (Å²) in [6.07, 6.45) is 0.308. The van der Waals surface area contributed by atoms with Gasteiger partial charge in [0, 0.05) is 18.4 Å². The summed E-state index contributed by atoms with van der Waals surface area (Å²) in [5.41, 5.74) is 8.33. The third kappa shape index (κ3) is 5.88. The van der Waals surface area contributed by atoms with E-state index in [1.807, 2.05) is 56.3 Å². The Balaban J connectivity index is 1.74. The van der Waals surface area contributed by atoms with Gasteiger partial charge in [0.2, 0.25) is 11.8 Å². The van der Waals surface area contributed by atoms with Gasteiger partial charge in [0.15, 0.2) is 5.78 Å². The van der Waals surface area contributed by atoms with Crippen LogP contribution in [0.3, 0.4) is 0 Å². The van der Waals surface area contributed by atoms with Gasteiger partial charge >= 0.3 is 0 Å². The summed E-state index contributed by atoms with van der Waals surface area (Å²) >= 11 is 0. The van der Waals surface area contributed by atoms with Crippen LogP contribution in [0, 0.1) is 13.8 Å². The number of Topliss-reactive ketones (excluding diaryl/α,β-unsaturated/α-hetero) is 1. The average Bonchev–Trinajstić information content (AvgIpc) is 2.61. The molecule has 2 N–H and O–H groups in total. The Hall–Kier alpha value is -2.95. The second-order valence-corrected chi connectivity index (χ2v) is 5.98. The fourth-order valence-corrected chi connectivity index (χ4v) is 2.31. The van der Waals surface area contributed by atoms with E-state index in [-0.39, 0.29) is 31.0 Å². The van der Waals surface area contributed by atoms with Crippen LogP contribution in [0.15, 0.2) is 48.5 Å². The lowest BCUT2D eigenvalue weighted by Gasteiger charge is -2.08. The predicted octanol–water partition coefficient (Wildman–Crippen LogP) is 2.66. The van der Waals surface area contributed by atoms with Crippen molar-refractivity contribution in [1.29, 1.82) is 0 Å². The molecule has 2 aromatic carbocycles. The summed E-state index contributed by atoms with van der Waals surface area (Å²) in [4.78, 5) is 35.7. The van der Waals surface area contributed by atoms with E-state index >= 15 is 0 Å². The van der Waals surface area contributed by atoms with Crippen LogP contribution in [0.1, 0.15) is 39.9 Å². The summed E-state index contributed by atoms with van der Waals surface area (Å²) in [6, 6.07) is 14.7. The van der Waals surface area contributed by atoms with E-state index in [2.05, 4.69) is 10.9 Å². The van der Waals surface area contributed by atoms with E-state index in [9.17, 15) is 14.4 Å². The van der Waals surface area contributed by atoms with E-state index < -0.39 is 5.91 Å². The third-order valence-corrected chi connectivity index (χ3v) is 3.96. The van der Waals surface area contributed by atoms with Gasteiger partial charge in [0.05, 0.1) is 6.42 Å². The molecule has 2 amide bonds. The normalized spacial score (nSPS) is 10.2. The van der Waals surface area contributed by atoms with Gasteiger partial charge in [-0.2, -0.15) is 0 Å². The number of carbonyl (C=O) groups excluding carboxylic acids is 3. The smallest absolute Gasteiger partial charge is 0.242 e.